The summed E-state index contributed by atoms with van der Waals surface area (Å²) in [6.07, 6.45) is 6.66. The highest BCUT2D eigenvalue weighted by Crippen LogP contribution is 2.23. The minimum Gasteiger partial charge on any atom is -0.489 e. The number of nitrogens with one attached hydrogen (secondary N) is 1. The maximum Gasteiger partial charge on any atom is 0.120 e. The van der Waals surface area contributed by atoms with Crippen molar-refractivity contribution in [3.8, 4) is 5.75 Å². The molecule has 1 aliphatic rings. The highest BCUT2D eigenvalue weighted by Gasteiger charge is 2.23. The summed E-state index contributed by atoms with van der Waals surface area (Å²) < 4.78 is 6.16. The van der Waals surface area contributed by atoms with Crippen LogP contribution in [-0.4, -0.2) is 19.2 Å². The Labute approximate surface area is 104 Å². The second kappa shape index (κ2) is 6.06. The van der Waals surface area contributed by atoms with Crippen LogP contribution in [0.3, 0.4) is 0 Å². The average Bonchev–Trinajstić information content (AvgIpc) is 2.54. The van der Waals surface area contributed by atoms with E-state index in [-0.39, 0.29) is 0 Å². The van der Waals surface area contributed by atoms with Gasteiger partial charge in [0, 0.05) is 6.04 Å². The monoisotopic (exact) mass is 233 g/mol. The van der Waals surface area contributed by atoms with E-state index in [9.17, 15) is 0 Å². The number of hydrogen-bond donors (Lipinski definition) is 1. The lowest BCUT2D eigenvalue weighted by Gasteiger charge is -2.25. The molecule has 2 unspecified atom stereocenters. The molecule has 2 atom stereocenters. The third-order valence-electron chi connectivity index (χ3n) is 3.60. The zero-order chi connectivity index (χ0) is 12.1. The van der Waals surface area contributed by atoms with Crippen LogP contribution in [0.4, 0.5) is 0 Å². The molecule has 0 heterocycles. The van der Waals surface area contributed by atoms with Crippen LogP contribution >= 0.6 is 0 Å². The molecule has 17 heavy (non-hydrogen) atoms. The number of ether oxygens (including phenoxy) is 1. The van der Waals surface area contributed by atoms with E-state index in [1.807, 2.05) is 7.05 Å². The molecule has 0 aliphatic heterocycles. The third kappa shape index (κ3) is 3.47. The molecule has 94 valence electrons. The summed E-state index contributed by atoms with van der Waals surface area (Å²) in [6, 6.07) is 8.85. The van der Waals surface area contributed by atoms with Crippen LogP contribution in [-0.2, 0) is 0 Å². The Morgan fingerprint density at radius 2 is 2.00 bits per heavy atom. The highest BCUT2D eigenvalue weighted by atomic mass is 16.5. The fourth-order valence-corrected chi connectivity index (χ4v) is 2.61. The number of aryl methyl sites for hydroxylation is 1. The zero-order valence-corrected chi connectivity index (χ0v) is 10.9. The van der Waals surface area contributed by atoms with Crippen molar-refractivity contribution in [2.45, 2.75) is 51.2 Å². The van der Waals surface area contributed by atoms with Crippen molar-refractivity contribution in [3.63, 3.8) is 0 Å². The summed E-state index contributed by atoms with van der Waals surface area (Å²) in [5.41, 5.74) is 1.26. The lowest BCUT2D eigenvalue weighted by Crippen LogP contribution is -2.40. The van der Waals surface area contributed by atoms with Crippen LogP contribution < -0.4 is 10.1 Å². The normalized spacial score (nSPS) is 25.3. The topological polar surface area (TPSA) is 21.3 Å². The van der Waals surface area contributed by atoms with Crippen LogP contribution in [0.15, 0.2) is 24.3 Å². The van der Waals surface area contributed by atoms with E-state index in [1.54, 1.807) is 0 Å². The van der Waals surface area contributed by atoms with Gasteiger partial charge in [-0.25, -0.2) is 0 Å². The summed E-state index contributed by atoms with van der Waals surface area (Å²) in [7, 11) is 2.04. The van der Waals surface area contributed by atoms with Gasteiger partial charge in [0.05, 0.1) is 0 Å². The van der Waals surface area contributed by atoms with E-state index >= 15 is 0 Å². The van der Waals surface area contributed by atoms with Crippen molar-refractivity contribution >= 4 is 0 Å². The summed E-state index contributed by atoms with van der Waals surface area (Å²) in [4.78, 5) is 0. The Kier molecular flexibility index (Phi) is 4.43. The molecule has 1 saturated carbocycles. The van der Waals surface area contributed by atoms with E-state index in [2.05, 4.69) is 36.5 Å². The van der Waals surface area contributed by atoms with Crippen molar-refractivity contribution in [1.29, 1.82) is 0 Å². The van der Waals surface area contributed by atoms with Gasteiger partial charge in [-0.2, -0.15) is 0 Å². The van der Waals surface area contributed by atoms with E-state index in [4.69, 9.17) is 4.74 Å². The lowest BCUT2D eigenvalue weighted by molar-refractivity contribution is 0.149. The molecule has 0 aromatic heterocycles. The SMILES string of the molecule is CNC1CCCCCC1Oc1cccc(C)c1. The summed E-state index contributed by atoms with van der Waals surface area (Å²) in [5, 5.41) is 3.40. The van der Waals surface area contributed by atoms with Crippen molar-refractivity contribution in [1.82, 2.24) is 5.32 Å². The number of likely N-dealkylation sites (N-methyl/N-ethyl adjacent to an activating group) is 1. The largest absolute Gasteiger partial charge is 0.489 e. The fraction of sp³-hybridized carbons (Fsp3) is 0.600. The predicted molar refractivity (Wildman–Crippen MR) is 71.5 cm³/mol. The van der Waals surface area contributed by atoms with Crippen LogP contribution in [0.5, 0.6) is 5.75 Å². The first-order chi connectivity index (χ1) is 8.29. The fourth-order valence-electron chi connectivity index (χ4n) is 2.61. The molecule has 1 N–H and O–H groups in total. The molecule has 1 fully saturated rings. The molecule has 2 nitrogen and oxygen atoms in total. The Balaban J connectivity index is 2.04. The second-order valence-electron chi connectivity index (χ2n) is 5.01. The molecule has 2 rings (SSSR count). The number of benzene rings is 1. The van der Waals surface area contributed by atoms with E-state index < -0.39 is 0 Å². The van der Waals surface area contributed by atoms with Gasteiger partial charge in [0.25, 0.3) is 0 Å². The molecule has 2 heteroatoms. The van der Waals surface area contributed by atoms with Crippen LogP contribution in [0, 0.1) is 6.92 Å². The van der Waals surface area contributed by atoms with Gasteiger partial charge in [-0.15, -0.1) is 0 Å². The first-order valence-corrected chi connectivity index (χ1v) is 6.70. The van der Waals surface area contributed by atoms with Gasteiger partial charge in [0.1, 0.15) is 11.9 Å². The van der Waals surface area contributed by atoms with Gasteiger partial charge in [-0.05, 0) is 50.9 Å². The molecule has 1 aliphatic carbocycles. The first kappa shape index (κ1) is 12.4. The van der Waals surface area contributed by atoms with E-state index in [1.165, 1.54) is 37.7 Å². The average molecular weight is 233 g/mol. The molecule has 0 saturated heterocycles. The molecule has 1 aromatic rings. The zero-order valence-electron chi connectivity index (χ0n) is 10.9. The third-order valence-corrected chi connectivity index (χ3v) is 3.60. The maximum absolute atomic E-state index is 6.16. The predicted octanol–water partition coefficient (Wildman–Crippen LogP) is 3.29. The van der Waals surface area contributed by atoms with Crippen molar-refractivity contribution in [2.24, 2.45) is 0 Å². The number of hydrogen-bond acceptors (Lipinski definition) is 2. The Morgan fingerprint density at radius 3 is 2.76 bits per heavy atom. The van der Waals surface area contributed by atoms with Gasteiger partial charge in [0.15, 0.2) is 0 Å². The van der Waals surface area contributed by atoms with Crippen molar-refractivity contribution in [3.05, 3.63) is 29.8 Å². The quantitative estimate of drug-likeness (QED) is 0.809. The maximum atomic E-state index is 6.16. The standard InChI is InChI=1S/C15H23NO/c1-12-7-6-8-13(11-12)17-15-10-5-3-4-9-14(15)16-2/h6-8,11,14-16H,3-5,9-10H2,1-2H3. The van der Waals surface area contributed by atoms with Crippen molar-refractivity contribution in [2.75, 3.05) is 7.05 Å². The molecule has 0 spiro atoms. The van der Waals surface area contributed by atoms with Crippen LogP contribution in [0.1, 0.15) is 37.7 Å². The molecular weight excluding hydrogens is 210 g/mol. The molecule has 1 aromatic carbocycles. The van der Waals surface area contributed by atoms with Crippen molar-refractivity contribution < 1.29 is 4.74 Å². The molecular formula is C15H23NO. The summed E-state index contributed by atoms with van der Waals surface area (Å²) in [5.74, 6) is 1.01. The minimum absolute atomic E-state index is 0.323. The Bertz CT molecular complexity index is 351. The van der Waals surface area contributed by atoms with Gasteiger partial charge >= 0.3 is 0 Å². The molecule has 0 amide bonds. The summed E-state index contributed by atoms with van der Waals surface area (Å²) >= 11 is 0. The van der Waals surface area contributed by atoms with Crippen LogP contribution in [0.2, 0.25) is 0 Å². The number of rotatable bonds is 3. The van der Waals surface area contributed by atoms with Gasteiger partial charge in [0.2, 0.25) is 0 Å². The van der Waals surface area contributed by atoms with Gasteiger partial charge in [-0.1, -0.05) is 25.0 Å². The van der Waals surface area contributed by atoms with Gasteiger partial charge in [-0.3, -0.25) is 0 Å². The van der Waals surface area contributed by atoms with E-state index in [0.717, 1.165) is 5.75 Å². The Hall–Kier alpha value is -1.02. The molecule has 0 bridgehead atoms. The smallest absolute Gasteiger partial charge is 0.120 e. The van der Waals surface area contributed by atoms with Gasteiger partial charge < -0.3 is 10.1 Å². The summed E-state index contributed by atoms with van der Waals surface area (Å²) in [6.45, 7) is 2.11. The first-order valence-electron chi connectivity index (χ1n) is 6.70. The second-order valence-corrected chi connectivity index (χ2v) is 5.01. The lowest BCUT2D eigenvalue weighted by atomic mass is 10.1. The molecule has 0 radical (unpaired) electrons. The highest BCUT2D eigenvalue weighted by molar-refractivity contribution is 5.27. The Morgan fingerprint density at radius 1 is 1.18 bits per heavy atom. The van der Waals surface area contributed by atoms with Crippen LogP contribution in [0.25, 0.3) is 0 Å². The minimum atomic E-state index is 0.323. The van der Waals surface area contributed by atoms with E-state index in [0.29, 0.717) is 12.1 Å².